The van der Waals surface area contributed by atoms with Gasteiger partial charge in [-0.1, -0.05) is 13.0 Å². The van der Waals surface area contributed by atoms with Gasteiger partial charge in [0.1, 0.15) is 0 Å². The monoisotopic (exact) mass is 322 g/mol. The molecule has 118 valence electrons. The number of nitrogens with zero attached hydrogens (tertiary/aromatic N) is 2. The summed E-state index contributed by atoms with van der Waals surface area (Å²) in [5.41, 5.74) is 1.62. The predicted octanol–water partition coefficient (Wildman–Crippen LogP) is 2.55. The molecular formula is C15H18N2O4S. The summed E-state index contributed by atoms with van der Waals surface area (Å²) in [6.45, 7) is 3.72. The molecule has 0 aliphatic heterocycles. The Kier molecular flexibility index (Phi) is 4.65. The Morgan fingerprint density at radius 1 is 1.14 bits per heavy atom. The molecule has 0 N–H and O–H groups in total. The van der Waals surface area contributed by atoms with Gasteiger partial charge in [0, 0.05) is 18.0 Å². The number of aryl methyl sites for hydroxylation is 2. The highest BCUT2D eigenvalue weighted by atomic mass is 32.2. The van der Waals surface area contributed by atoms with Gasteiger partial charge in [-0.15, -0.1) is 0 Å². The van der Waals surface area contributed by atoms with E-state index in [-0.39, 0.29) is 11.0 Å². The van der Waals surface area contributed by atoms with E-state index in [2.05, 4.69) is 9.97 Å². The molecule has 0 radical (unpaired) electrons. The van der Waals surface area contributed by atoms with Gasteiger partial charge >= 0.3 is 0 Å². The zero-order valence-electron chi connectivity index (χ0n) is 13.0. The third kappa shape index (κ3) is 3.73. The van der Waals surface area contributed by atoms with Gasteiger partial charge in [0.05, 0.1) is 7.11 Å². The maximum atomic E-state index is 11.6. The number of rotatable bonds is 5. The Labute approximate surface area is 130 Å². The molecule has 0 saturated carbocycles. The van der Waals surface area contributed by atoms with Gasteiger partial charge < -0.3 is 9.47 Å². The number of methoxy groups -OCH3 is 1. The maximum Gasteiger partial charge on any atom is 0.250 e. The van der Waals surface area contributed by atoms with Crippen LogP contribution in [0.3, 0.4) is 0 Å². The molecule has 2 aromatic rings. The third-order valence-corrected chi connectivity index (χ3v) is 3.84. The lowest BCUT2D eigenvalue weighted by atomic mass is 10.1. The van der Waals surface area contributed by atoms with Gasteiger partial charge in [0.2, 0.25) is 20.9 Å². The molecule has 0 spiro atoms. The van der Waals surface area contributed by atoms with Crippen molar-refractivity contribution in [3.8, 4) is 17.4 Å². The summed E-state index contributed by atoms with van der Waals surface area (Å²) in [5.74, 6) is 1.20. The fraction of sp³-hybridized carbons (Fsp3) is 0.333. The van der Waals surface area contributed by atoms with Gasteiger partial charge in [-0.25, -0.2) is 13.4 Å². The van der Waals surface area contributed by atoms with Crippen molar-refractivity contribution in [1.82, 2.24) is 9.97 Å². The molecule has 0 fully saturated rings. The van der Waals surface area contributed by atoms with E-state index in [0.717, 1.165) is 18.2 Å². The molecule has 6 nitrogen and oxygen atoms in total. The first-order valence-electron chi connectivity index (χ1n) is 6.74. The highest BCUT2D eigenvalue weighted by molar-refractivity contribution is 7.90. The second kappa shape index (κ2) is 6.31. The summed E-state index contributed by atoms with van der Waals surface area (Å²) in [6.07, 6.45) is 1.93. The van der Waals surface area contributed by atoms with Crippen molar-refractivity contribution in [2.75, 3.05) is 13.4 Å². The van der Waals surface area contributed by atoms with Gasteiger partial charge in [0.15, 0.2) is 11.5 Å². The largest absolute Gasteiger partial charge is 0.493 e. The van der Waals surface area contributed by atoms with Crippen molar-refractivity contribution in [2.45, 2.75) is 25.4 Å². The first-order chi connectivity index (χ1) is 10.3. The van der Waals surface area contributed by atoms with Gasteiger partial charge in [-0.3, -0.25) is 0 Å². The smallest absolute Gasteiger partial charge is 0.250 e. The van der Waals surface area contributed by atoms with Crippen LogP contribution in [0.1, 0.15) is 18.2 Å². The van der Waals surface area contributed by atoms with Gasteiger partial charge in [-0.2, -0.15) is 4.98 Å². The molecule has 0 bridgehead atoms. The SMILES string of the molecule is CCc1ccc(Oc2cc(C)nc(S(C)(=O)=O)n2)c(OC)c1. The van der Waals surface area contributed by atoms with Gasteiger partial charge in [0.25, 0.3) is 0 Å². The molecule has 0 unspecified atom stereocenters. The van der Waals surface area contributed by atoms with Crippen molar-refractivity contribution in [3.05, 3.63) is 35.5 Å². The molecule has 22 heavy (non-hydrogen) atoms. The number of sulfone groups is 1. The van der Waals surface area contributed by atoms with Crippen molar-refractivity contribution >= 4 is 9.84 Å². The lowest BCUT2D eigenvalue weighted by Gasteiger charge is -2.11. The molecular weight excluding hydrogens is 304 g/mol. The highest BCUT2D eigenvalue weighted by Crippen LogP contribution is 2.32. The normalized spacial score (nSPS) is 11.3. The first kappa shape index (κ1) is 16.2. The van der Waals surface area contributed by atoms with E-state index in [9.17, 15) is 8.42 Å². The molecule has 0 amide bonds. The highest BCUT2D eigenvalue weighted by Gasteiger charge is 2.15. The Bertz CT molecular complexity index is 788. The second-order valence-electron chi connectivity index (χ2n) is 4.84. The van der Waals surface area contributed by atoms with Crippen LogP contribution in [-0.4, -0.2) is 31.8 Å². The standard InChI is InChI=1S/C15H18N2O4S/c1-5-11-6-7-12(13(9-11)20-3)21-14-8-10(2)16-15(17-14)22(4,18)19/h6-9H,5H2,1-4H3. The summed E-state index contributed by atoms with van der Waals surface area (Å²) in [6, 6.07) is 7.14. The number of ether oxygens (including phenoxy) is 2. The molecule has 7 heteroatoms. The fourth-order valence-corrected chi connectivity index (χ4v) is 2.43. The van der Waals surface area contributed by atoms with Crippen molar-refractivity contribution in [3.63, 3.8) is 0 Å². The number of aromatic nitrogens is 2. The summed E-state index contributed by atoms with van der Waals surface area (Å²) in [4.78, 5) is 7.85. The quantitative estimate of drug-likeness (QED) is 0.787. The molecule has 2 rings (SSSR count). The maximum absolute atomic E-state index is 11.6. The minimum absolute atomic E-state index is 0.162. The van der Waals surface area contributed by atoms with E-state index >= 15 is 0 Å². The third-order valence-electron chi connectivity index (χ3n) is 2.99. The van der Waals surface area contributed by atoms with Crippen LogP contribution in [0.15, 0.2) is 29.4 Å². The number of benzene rings is 1. The van der Waals surface area contributed by atoms with E-state index in [1.807, 2.05) is 19.1 Å². The fourth-order valence-electron chi connectivity index (χ4n) is 1.86. The molecule has 0 aliphatic rings. The van der Waals surface area contributed by atoms with Crippen molar-refractivity contribution in [1.29, 1.82) is 0 Å². The van der Waals surface area contributed by atoms with Crippen LogP contribution in [-0.2, 0) is 16.3 Å². The van der Waals surface area contributed by atoms with E-state index < -0.39 is 9.84 Å². The number of hydrogen-bond acceptors (Lipinski definition) is 6. The molecule has 0 aliphatic carbocycles. The van der Waals surface area contributed by atoms with Crippen LogP contribution < -0.4 is 9.47 Å². The number of hydrogen-bond donors (Lipinski definition) is 0. The van der Waals surface area contributed by atoms with Crippen LogP contribution in [0.2, 0.25) is 0 Å². The predicted molar refractivity (Wildman–Crippen MR) is 82.3 cm³/mol. The molecule has 0 atom stereocenters. The van der Waals surface area contributed by atoms with E-state index in [4.69, 9.17) is 9.47 Å². The lowest BCUT2D eigenvalue weighted by molar-refractivity contribution is 0.371. The summed E-state index contributed by atoms with van der Waals surface area (Å²) in [7, 11) is -1.95. The summed E-state index contributed by atoms with van der Waals surface area (Å²) in [5, 5.41) is -0.258. The lowest BCUT2D eigenvalue weighted by Crippen LogP contribution is -2.06. The average molecular weight is 322 g/mol. The van der Waals surface area contributed by atoms with E-state index in [1.165, 1.54) is 0 Å². The van der Waals surface area contributed by atoms with Crippen LogP contribution in [0.5, 0.6) is 17.4 Å². The van der Waals surface area contributed by atoms with Crippen LogP contribution in [0.25, 0.3) is 0 Å². The Morgan fingerprint density at radius 2 is 1.86 bits per heavy atom. The summed E-state index contributed by atoms with van der Waals surface area (Å²) >= 11 is 0. The zero-order valence-corrected chi connectivity index (χ0v) is 13.8. The molecule has 1 aromatic carbocycles. The Hall–Kier alpha value is -2.15. The Morgan fingerprint density at radius 3 is 2.45 bits per heavy atom. The molecule has 1 heterocycles. The second-order valence-corrected chi connectivity index (χ2v) is 6.75. The van der Waals surface area contributed by atoms with Crippen LogP contribution in [0.4, 0.5) is 0 Å². The first-order valence-corrected chi connectivity index (χ1v) is 8.63. The zero-order chi connectivity index (χ0) is 16.3. The van der Waals surface area contributed by atoms with Gasteiger partial charge in [-0.05, 0) is 31.0 Å². The Balaban J connectivity index is 2.41. The average Bonchev–Trinajstić information content (AvgIpc) is 2.46. The summed E-state index contributed by atoms with van der Waals surface area (Å²) < 4.78 is 34.2. The van der Waals surface area contributed by atoms with Crippen LogP contribution in [0, 0.1) is 6.92 Å². The van der Waals surface area contributed by atoms with Crippen molar-refractivity contribution < 1.29 is 17.9 Å². The van der Waals surface area contributed by atoms with E-state index in [1.54, 1.807) is 26.2 Å². The van der Waals surface area contributed by atoms with Crippen molar-refractivity contribution in [2.24, 2.45) is 0 Å². The van der Waals surface area contributed by atoms with E-state index in [0.29, 0.717) is 17.2 Å². The minimum Gasteiger partial charge on any atom is -0.493 e. The molecule has 1 aromatic heterocycles. The molecule has 0 saturated heterocycles. The van der Waals surface area contributed by atoms with Crippen LogP contribution >= 0.6 is 0 Å². The minimum atomic E-state index is -3.50. The topological polar surface area (TPSA) is 78.4 Å².